The third-order valence-electron chi connectivity index (χ3n) is 4.08. The number of aromatic hydroxyl groups is 3. The molecule has 3 N–H and O–H groups in total. The van der Waals surface area contributed by atoms with Crippen molar-refractivity contribution >= 4 is 11.0 Å². The normalized spacial score (nSPS) is 10.7. The molecule has 1 heterocycles. The second-order valence-corrected chi connectivity index (χ2v) is 6.50. The average Bonchev–Trinajstić information content (AvgIpc) is 2.60. The van der Waals surface area contributed by atoms with Crippen molar-refractivity contribution in [1.29, 1.82) is 0 Å². The molecule has 0 radical (unpaired) electrons. The van der Waals surface area contributed by atoms with Crippen molar-refractivity contribution in [3.05, 3.63) is 69.6 Å². The summed E-state index contributed by atoms with van der Waals surface area (Å²) in [5.41, 5.74) is 1.91. The molecule has 0 aliphatic carbocycles. The Morgan fingerprint density at radius 1 is 1.07 bits per heavy atom. The van der Waals surface area contributed by atoms with Crippen LogP contribution in [-0.2, 0) is 6.42 Å². The standard InChI is InChI=1S/C21H20O6/c1-12(2)5-6-26-15-9-18(24)20-19(10-15)27-11-14(21(20)25)7-13-3-4-16(22)17(23)8-13/h3-5,8-11,22-24H,6-7H2,1-2H3. The Kier molecular flexibility index (Phi) is 5.07. The molecule has 3 aromatic rings. The number of hydrogen-bond donors (Lipinski definition) is 3. The molecule has 3 rings (SSSR count). The first-order valence-electron chi connectivity index (χ1n) is 8.39. The molecule has 0 unspecified atom stereocenters. The van der Waals surface area contributed by atoms with Crippen LogP contribution in [0.25, 0.3) is 11.0 Å². The molecular weight excluding hydrogens is 348 g/mol. The number of phenols is 3. The summed E-state index contributed by atoms with van der Waals surface area (Å²) in [5.74, 6) is -0.318. The van der Waals surface area contributed by atoms with E-state index < -0.39 is 0 Å². The fourth-order valence-corrected chi connectivity index (χ4v) is 2.65. The van der Waals surface area contributed by atoms with Gasteiger partial charge in [-0.3, -0.25) is 4.79 Å². The zero-order valence-electron chi connectivity index (χ0n) is 15.0. The van der Waals surface area contributed by atoms with Gasteiger partial charge in [0.05, 0.1) is 6.26 Å². The molecule has 140 valence electrons. The highest BCUT2D eigenvalue weighted by Crippen LogP contribution is 2.30. The monoisotopic (exact) mass is 368 g/mol. The van der Waals surface area contributed by atoms with Crippen molar-refractivity contribution in [2.45, 2.75) is 20.3 Å². The first kappa shape index (κ1) is 18.4. The van der Waals surface area contributed by atoms with Gasteiger partial charge < -0.3 is 24.5 Å². The van der Waals surface area contributed by atoms with E-state index in [1.54, 1.807) is 12.1 Å². The predicted molar refractivity (Wildman–Crippen MR) is 102 cm³/mol. The molecule has 0 spiro atoms. The molecule has 2 aromatic carbocycles. The summed E-state index contributed by atoms with van der Waals surface area (Å²) in [6, 6.07) is 7.26. The maximum Gasteiger partial charge on any atom is 0.199 e. The highest BCUT2D eigenvalue weighted by Gasteiger charge is 2.14. The van der Waals surface area contributed by atoms with Crippen LogP contribution in [-0.4, -0.2) is 21.9 Å². The minimum absolute atomic E-state index is 0.0741. The zero-order valence-corrected chi connectivity index (χ0v) is 15.0. The molecule has 0 aliphatic heterocycles. The SMILES string of the molecule is CC(C)=CCOc1cc(O)c2c(=O)c(Cc3ccc(O)c(O)c3)coc2c1. The third-order valence-corrected chi connectivity index (χ3v) is 4.08. The lowest BCUT2D eigenvalue weighted by atomic mass is 10.0. The van der Waals surface area contributed by atoms with Gasteiger partial charge in [0.2, 0.25) is 0 Å². The third kappa shape index (κ3) is 4.06. The van der Waals surface area contributed by atoms with E-state index in [2.05, 4.69) is 0 Å². The topological polar surface area (TPSA) is 100 Å². The van der Waals surface area contributed by atoms with Gasteiger partial charge in [-0.15, -0.1) is 0 Å². The van der Waals surface area contributed by atoms with Crippen molar-refractivity contribution in [3.63, 3.8) is 0 Å². The van der Waals surface area contributed by atoms with E-state index in [-0.39, 0.29) is 40.1 Å². The highest BCUT2D eigenvalue weighted by molar-refractivity contribution is 5.85. The summed E-state index contributed by atoms with van der Waals surface area (Å²) in [4.78, 5) is 12.7. The fourth-order valence-electron chi connectivity index (χ4n) is 2.65. The summed E-state index contributed by atoms with van der Waals surface area (Å²) in [6.07, 6.45) is 3.41. The number of allylic oxidation sites excluding steroid dienone is 1. The summed E-state index contributed by atoms with van der Waals surface area (Å²) < 4.78 is 11.1. The van der Waals surface area contributed by atoms with Crippen molar-refractivity contribution in [1.82, 2.24) is 0 Å². The largest absolute Gasteiger partial charge is 0.507 e. The Morgan fingerprint density at radius 3 is 2.56 bits per heavy atom. The van der Waals surface area contributed by atoms with Crippen LogP contribution in [0.4, 0.5) is 0 Å². The molecular formula is C21H20O6. The molecule has 0 saturated carbocycles. The van der Waals surface area contributed by atoms with Crippen molar-refractivity contribution < 1.29 is 24.5 Å². The molecule has 0 fully saturated rings. The van der Waals surface area contributed by atoms with E-state index in [0.717, 1.165) is 5.57 Å². The minimum Gasteiger partial charge on any atom is -0.507 e. The number of hydrogen-bond acceptors (Lipinski definition) is 6. The van der Waals surface area contributed by atoms with Gasteiger partial charge in [-0.1, -0.05) is 11.6 Å². The molecule has 6 heteroatoms. The van der Waals surface area contributed by atoms with Gasteiger partial charge in [-0.2, -0.15) is 0 Å². The first-order chi connectivity index (χ1) is 12.8. The molecule has 0 bridgehead atoms. The summed E-state index contributed by atoms with van der Waals surface area (Å²) in [7, 11) is 0. The van der Waals surface area contributed by atoms with Crippen LogP contribution < -0.4 is 10.2 Å². The van der Waals surface area contributed by atoms with Gasteiger partial charge >= 0.3 is 0 Å². The minimum atomic E-state index is -0.364. The van der Waals surface area contributed by atoms with Crippen LogP contribution in [0.3, 0.4) is 0 Å². The number of rotatable bonds is 5. The Balaban J connectivity index is 1.94. The van der Waals surface area contributed by atoms with E-state index in [1.165, 1.54) is 24.5 Å². The van der Waals surface area contributed by atoms with Gasteiger partial charge in [0.1, 0.15) is 29.1 Å². The van der Waals surface area contributed by atoms with Gasteiger partial charge in [-0.25, -0.2) is 0 Å². The molecule has 0 atom stereocenters. The highest BCUT2D eigenvalue weighted by atomic mass is 16.5. The van der Waals surface area contributed by atoms with Gasteiger partial charge in [0, 0.05) is 24.1 Å². The predicted octanol–water partition coefficient (Wildman–Crippen LogP) is 3.85. The molecule has 1 aromatic heterocycles. The lowest BCUT2D eigenvalue weighted by molar-refractivity contribution is 0.358. The van der Waals surface area contributed by atoms with Crippen LogP contribution in [0.15, 0.2) is 57.5 Å². The summed E-state index contributed by atoms with van der Waals surface area (Å²) >= 11 is 0. The van der Waals surface area contributed by atoms with Crippen molar-refractivity contribution in [2.75, 3.05) is 6.61 Å². The molecule has 27 heavy (non-hydrogen) atoms. The van der Waals surface area contributed by atoms with Crippen LogP contribution in [0.5, 0.6) is 23.0 Å². The van der Waals surface area contributed by atoms with Gasteiger partial charge in [-0.05, 0) is 37.6 Å². The first-order valence-corrected chi connectivity index (χ1v) is 8.39. The van der Waals surface area contributed by atoms with E-state index >= 15 is 0 Å². The van der Waals surface area contributed by atoms with E-state index in [0.29, 0.717) is 23.5 Å². The number of fused-ring (bicyclic) bond motifs is 1. The second kappa shape index (κ2) is 7.45. The zero-order chi connectivity index (χ0) is 19.6. The van der Waals surface area contributed by atoms with Gasteiger partial charge in [0.15, 0.2) is 16.9 Å². The molecule has 0 saturated heterocycles. The second-order valence-electron chi connectivity index (χ2n) is 6.50. The van der Waals surface area contributed by atoms with E-state index in [4.69, 9.17) is 9.15 Å². The number of ether oxygens (including phenoxy) is 1. The van der Waals surface area contributed by atoms with Gasteiger partial charge in [0.25, 0.3) is 0 Å². The maximum atomic E-state index is 12.7. The number of benzene rings is 2. The van der Waals surface area contributed by atoms with E-state index in [9.17, 15) is 20.1 Å². The lowest BCUT2D eigenvalue weighted by Gasteiger charge is -2.08. The van der Waals surface area contributed by atoms with Crippen molar-refractivity contribution in [3.8, 4) is 23.0 Å². The molecule has 0 aliphatic rings. The van der Waals surface area contributed by atoms with Crippen LogP contribution in [0.2, 0.25) is 0 Å². The van der Waals surface area contributed by atoms with Crippen molar-refractivity contribution in [2.24, 2.45) is 0 Å². The smallest absolute Gasteiger partial charge is 0.199 e. The van der Waals surface area contributed by atoms with E-state index in [1.807, 2.05) is 19.9 Å². The quantitative estimate of drug-likeness (QED) is 0.467. The average molecular weight is 368 g/mol. The summed E-state index contributed by atoms with van der Waals surface area (Å²) in [6.45, 7) is 4.26. The molecule has 0 amide bonds. The van der Waals surface area contributed by atoms with Crippen LogP contribution in [0, 0.1) is 0 Å². The Bertz CT molecular complexity index is 1070. The summed E-state index contributed by atoms with van der Waals surface area (Å²) in [5, 5.41) is 29.3. The fraction of sp³-hybridized carbons (Fsp3) is 0.190. The molecule has 6 nitrogen and oxygen atoms in total. The van der Waals surface area contributed by atoms with Crippen LogP contribution in [0.1, 0.15) is 25.0 Å². The number of phenolic OH excluding ortho intramolecular Hbond substituents is 3. The maximum absolute atomic E-state index is 12.7. The van der Waals surface area contributed by atoms with Crippen LogP contribution >= 0.6 is 0 Å². The Labute approximate surface area is 155 Å². The lowest BCUT2D eigenvalue weighted by Crippen LogP contribution is -2.09. The Morgan fingerprint density at radius 2 is 1.85 bits per heavy atom. The Hall–Kier alpha value is -3.41.